The van der Waals surface area contributed by atoms with E-state index >= 15 is 0 Å². The Morgan fingerprint density at radius 3 is 2.87 bits per heavy atom. The molecule has 0 bridgehead atoms. The molecular weight excluding hydrogens is 290 g/mol. The summed E-state index contributed by atoms with van der Waals surface area (Å²) in [4.78, 5) is 21.2. The number of anilines is 2. The van der Waals surface area contributed by atoms with Crippen LogP contribution in [0.3, 0.4) is 0 Å². The van der Waals surface area contributed by atoms with Crippen LogP contribution in [0.4, 0.5) is 11.5 Å². The molecule has 6 nitrogen and oxygen atoms in total. The lowest BCUT2D eigenvalue weighted by molar-refractivity contribution is 0.0993. The lowest BCUT2D eigenvalue weighted by Gasteiger charge is -2.24. The van der Waals surface area contributed by atoms with E-state index in [4.69, 9.17) is 0 Å². The van der Waals surface area contributed by atoms with Gasteiger partial charge in [-0.05, 0) is 31.4 Å². The SMILES string of the molecule is CCCn1cc(C(=O)N(C)c2cccnc2N2CCCC2)cn1. The van der Waals surface area contributed by atoms with Crippen LogP contribution in [-0.2, 0) is 6.54 Å². The molecular formula is C17H23N5O. The molecule has 3 heterocycles. The molecule has 0 aromatic carbocycles. The van der Waals surface area contributed by atoms with Crippen LogP contribution < -0.4 is 9.80 Å². The van der Waals surface area contributed by atoms with Crippen LogP contribution in [0.15, 0.2) is 30.7 Å². The Hall–Kier alpha value is -2.37. The molecule has 3 rings (SSSR count). The minimum absolute atomic E-state index is 0.0548. The minimum Gasteiger partial charge on any atom is -0.355 e. The second kappa shape index (κ2) is 6.81. The average Bonchev–Trinajstić information content (AvgIpc) is 3.25. The van der Waals surface area contributed by atoms with Crippen LogP contribution in [0.5, 0.6) is 0 Å². The second-order valence-electron chi connectivity index (χ2n) is 5.90. The first kappa shape index (κ1) is 15.5. The Morgan fingerprint density at radius 1 is 1.35 bits per heavy atom. The largest absolute Gasteiger partial charge is 0.355 e. The lowest BCUT2D eigenvalue weighted by Crippen LogP contribution is -2.29. The number of hydrogen-bond acceptors (Lipinski definition) is 4. The zero-order valence-electron chi connectivity index (χ0n) is 13.8. The smallest absolute Gasteiger partial charge is 0.261 e. The van der Waals surface area contributed by atoms with Gasteiger partial charge in [-0.25, -0.2) is 4.98 Å². The van der Waals surface area contributed by atoms with Crippen LogP contribution in [0.2, 0.25) is 0 Å². The number of amides is 1. The van der Waals surface area contributed by atoms with Crippen LogP contribution in [0.1, 0.15) is 36.5 Å². The molecule has 122 valence electrons. The number of nitrogens with zero attached hydrogens (tertiary/aromatic N) is 5. The quantitative estimate of drug-likeness (QED) is 0.851. The van der Waals surface area contributed by atoms with Crippen molar-refractivity contribution in [3.8, 4) is 0 Å². The number of hydrogen-bond donors (Lipinski definition) is 0. The van der Waals surface area contributed by atoms with E-state index in [1.165, 1.54) is 12.8 Å². The van der Waals surface area contributed by atoms with Crippen LogP contribution in [0.25, 0.3) is 0 Å². The van der Waals surface area contributed by atoms with E-state index in [1.807, 2.05) is 23.0 Å². The molecule has 23 heavy (non-hydrogen) atoms. The van der Waals surface area contributed by atoms with Gasteiger partial charge in [-0.1, -0.05) is 6.92 Å². The Labute approximate surface area is 136 Å². The fourth-order valence-electron chi connectivity index (χ4n) is 2.95. The lowest BCUT2D eigenvalue weighted by atomic mass is 10.2. The van der Waals surface area contributed by atoms with Gasteiger partial charge in [0.15, 0.2) is 5.82 Å². The van der Waals surface area contributed by atoms with E-state index in [0.29, 0.717) is 5.56 Å². The van der Waals surface area contributed by atoms with Gasteiger partial charge in [-0.3, -0.25) is 9.48 Å². The Morgan fingerprint density at radius 2 is 2.13 bits per heavy atom. The zero-order chi connectivity index (χ0) is 16.2. The first-order valence-electron chi connectivity index (χ1n) is 8.21. The molecule has 2 aromatic rings. The average molecular weight is 313 g/mol. The zero-order valence-corrected chi connectivity index (χ0v) is 13.8. The number of aromatic nitrogens is 3. The van der Waals surface area contributed by atoms with Gasteiger partial charge < -0.3 is 9.80 Å². The van der Waals surface area contributed by atoms with Crippen molar-refractivity contribution in [3.05, 3.63) is 36.3 Å². The molecule has 0 saturated carbocycles. The van der Waals surface area contributed by atoms with E-state index in [2.05, 4.69) is 21.9 Å². The molecule has 1 fully saturated rings. The third-order valence-electron chi connectivity index (χ3n) is 4.17. The second-order valence-corrected chi connectivity index (χ2v) is 5.90. The standard InChI is InChI=1S/C17H23N5O/c1-3-9-22-13-14(12-19-22)17(23)20(2)15-7-6-8-18-16(15)21-10-4-5-11-21/h6-8,12-13H,3-5,9-11H2,1-2H3. The van der Waals surface area contributed by atoms with Crippen molar-refractivity contribution in [2.24, 2.45) is 0 Å². The molecule has 0 atom stereocenters. The van der Waals surface area contributed by atoms with Crippen LogP contribution >= 0.6 is 0 Å². The summed E-state index contributed by atoms with van der Waals surface area (Å²) >= 11 is 0. The van der Waals surface area contributed by atoms with Gasteiger partial charge in [-0.2, -0.15) is 5.10 Å². The van der Waals surface area contributed by atoms with Gasteiger partial charge in [0.05, 0.1) is 17.4 Å². The van der Waals surface area contributed by atoms with Gasteiger partial charge in [0.2, 0.25) is 0 Å². The molecule has 0 radical (unpaired) electrons. The normalized spacial score (nSPS) is 14.3. The van der Waals surface area contributed by atoms with Crippen molar-refractivity contribution in [1.29, 1.82) is 0 Å². The van der Waals surface area contributed by atoms with E-state index in [0.717, 1.165) is 37.6 Å². The van der Waals surface area contributed by atoms with Gasteiger partial charge >= 0.3 is 0 Å². The fourth-order valence-corrected chi connectivity index (χ4v) is 2.95. The van der Waals surface area contributed by atoms with E-state index in [-0.39, 0.29) is 5.91 Å². The number of pyridine rings is 1. The van der Waals surface area contributed by atoms with Gasteiger partial charge in [-0.15, -0.1) is 0 Å². The van der Waals surface area contributed by atoms with Gasteiger partial charge in [0.25, 0.3) is 5.91 Å². The summed E-state index contributed by atoms with van der Waals surface area (Å²) in [5, 5.41) is 4.25. The molecule has 6 heteroatoms. The molecule has 0 N–H and O–H groups in total. The molecule has 1 saturated heterocycles. The molecule has 1 aliphatic heterocycles. The fraction of sp³-hybridized carbons (Fsp3) is 0.471. The van der Waals surface area contributed by atoms with E-state index in [1.54, 1.807) is 24.3 Å². The Bertz CT molecular complexity index is 675. The topological polar surface area (TPSA) is 54.3 Å². The number of carbonyl (C=O) groups is 1. The first-order chi connectivity index (χ1) is 11.2. The van der Waals surface area contributed by atoms with Crippen molar-refractivity contribution >= 4 is 17.4 Å². The predicted molar refractivity (Wildman–Crippen MR) is 90.9 cm³/mol. The highest BCUT2D eigenvalue weighted by molar-refractivity contribution is 6.06. The molecule has 1 amide bonds. The molecule has 0 unspecified atom stereocenters. The molecule has 0 spiro atoms. The van der Waals surface area contributed by atoms with Crippen molar-refractivity contribution in [2.75, 3.05) is 29.9 Å². The first-order valence-corrected chi connectivity index (χ1v) is 8.21. The van der Waals surface area contributed by atoms with Crippen molar-refractivity contribution < 1.29 is 4.79 Å². The monoisotopic (exact) mass is 313 g/mol. The summed E-state index contributed by atoms with van der Waals surface area (Å²) < 4.78 is 1.81. The summed E-state index contributed by atoms with van der Waals surface area (Å²) in [5.41, 5.74) is 1.46. The number of aryl methyl sites for hydroxylation is 1. The Kier molecular flexibility index (Phi) is 4.60. The maximum Gasteiger partial charge on any atom is 0.261 e. The van der Waals surface area contributed by atoms with Crippen molar-refractivity contribution in [3.63, 3.8) is 0 Å². The maximum absolute atomic E-state index is 12.8. The minimum atomic E-state index is -0.0548. The van der Waals surface area contributed by atoms with E-state index in [9.17, 15) is 4.79 Å². The van der Waals surface area contributed by atoms with Crippen molar-refractivity contribution in [1.82, 2.24) is 14.8 Å². The van der Waals surface area contributed by atoms with Crippen LogP contribution in [-0.4, -0.2) is 40.8 Å². The van der Waals surface area contributed by atoms with Gasteiger partial charge in [0, 0.05) is 39.1 Å². The summed E-state index contributed by atoms with van der Waals surface area (Å²) in [6.07, 6.45) is 8.59. The summed E-state index contributed by atoms with van der Waals surface area (Å²) in [5.74, 6) is 0.836. The highest BCUT2D eigenvalue weighted by atomic mass is 16.2. The Balaban J connectivity index is 1.84. The molecule has 0 aliphatic carbocycles. The van der Waals surface area contributed by atoms with Crippen LogP contribution in [0, 0.1) is 0 Å². The summed E-state index contributed by atoms with van der Waals surface area (Å²) in [7, 11) is 1.80. The predicted octanol–water partition coefficient (Wildman–Crippen LogP) is 2.56. The number of rotatable bonds is 5. The van der Waals surface area contributed by atoms with Crippen molar-refractivity contribution in [2.45, 2.75) is 32.7 Å². The van der Waals surface area contributed by atoms with Gasteiger partial charge in [0.1, 0.15) is 0 Å². The number of carbonyl (C=O) groups excluding carboxylic acids is 1. The summed E-state index contributed by atoms with van der Waals surface area (Å²) in [6, 6.07) is 3.83. The molecule has 1 aliphatic rings. The summed E-state index contributed by atoms with van der Waals surface area (Å²) in [6.45, 7) is 4.91. The maximum atomic E-state index is 12.8. The highest BCUT2D eigenvalue weighted by Gasteiger charge is 2.22. The van der Waals surface area contributed by atoms with E-state index < -0.39 is 0 Å². The third-order valence-corrected chi connectivity index (χ3v) is 4.17. The molecule has 2 aromatic heterocycles. The highest BCUT2D eigenvalue weighted by Crippen LogP contribution is 2.29. The third kappa shape index (κ3) is 3.21.